The fourth-order valence-corrected chi connectivity index (χ4v) is 6.50. The van der Waals surface area contributed by atoms with Crippen LogP contribution in [0.3, 0.4) is 0 Å². The Morgan fingerprint density at radius 3 is 1.76 bits per heavy atom. The maximum Gasteiger partial charge on any atom is 0.262 e. The number of phenols is 1. The van der Waals surface area contributed by atoms with Crippen molar-refractivity contribution in [2.24, 2.45) is 0 Å². The summed E-state index contributed by atoms with van der Waals surface area (Å²) in [6.07, 6.45) is 0.0953. The molecule has 5 aromatic rings. The van der Waals surface area contributed by atoms with E-state index in [2.05, 4.69) is 27.8 Å². The Morgan fingerprint density at radius 1 is 0.711 bits per heavy atom. The molecular formula is C33H30N4O6S2. The Morgan fingerprint density at radius 2 is 1.22 bits per heavy atom. The molecule has 0 aliphatic carbocycles. The number of phenolic OH excluding ortho intramolecular Hbond substituents is 1. The van der Waals surface area contributed by atoms with Gasteiger partial charge < -0.3 is 31.5 Å². The predicted octanol–water partition coefficient (Wildman–Crippen LogP) is 4.27. The van der Waals surface area contributed by atoms with Crippen molar-refractivity contribution in [3.05, 3.63) is 113 Å². The van der Waals surface area contributed by atoms with Crippen molar-refractivity contribution in [3.8, 4) is 5.75 Å². The maximum absolute atomic E-state index is 13.6. The highest BCUT2D eigenvalue weighted by Gasteiger charge is 2.27. The van der Waals surface area contributed by atoms with Gasteiger partial charge in [-0.1, -0.05) is 55.1 Å². The van der Waals surface area contributed by atoms with E-state index in [-0.39, 0.29) is 31.0 Å². The van der Waals surface area contributed by atoms with E-state index in [0.29, 0.717) is 15.3 Å². The lowest BCUT2D eigenvalue weighted by Crippen LogP contribution is -2.55. The second kappa shape index (κ2) is 14.1. The average molecular weight is 643 g/mol. The molecule has 1 unspecified atom stereocenters. The molecule has 2 atom stereocenters. The lowest BCUT2D eigenvalue weighted by molar-refractivity contribution is -0.124. The van der Waals surface area contributed by atoms with E-state index in [1.807, 2.05) is 48.5 Å². The van der Waals surface area contributed by atoms with Crippen LogP contribution < -0.4 is 21.3 Å². The van der Waals surface area contributed by atoms with Gasteiger partial charge in [0.25, 0.3) is 11.8 Å². The summed E-state index contributed by atoms with van der Waals surface area (Å²) in [5.41, 5.74) is 0.679. The standard InChI is InChI=1S/C33H30N4O6S2/c1-19(38)17-34-31(41)25(37-33(43)29-16-22-7-3-5-9-27(22)45-29)18-35-30(40)24(14-20-10-12-23(39)13-11-20)36-32(42)28-15-21-6-2-4-8-26(21)44-28/h2-13,15-16,24-25,38-39H,1,14,17-18H2,(H,34,41)(H,35,40)(H,36,42)(H,37,43)/t24-,25?/m1/s1. The molecule has 3 aromatic carbocycles. The predicted molar refractivity (Wildman–Crippen MR) is 176 cm³/mol. The zero-order valence-electron chi connectivity index (χ0n) is 23.9. The van der Waals surface area contributed by atoms with Gasteiger partial charge in [-0.25, -0.2) is 0 Å². The molecule has 0 radical (unpaired) electrons. The van der Waals surface area contributed by atoms with E-state index in [1.54, 1.807) is 24.3 Å². The van der Waals surface area contributed by atoms with Crippen molar-refractivity contribution in [2.45, 2.75) is 18.5 Å². The fraction of sp³-hybridized carbons (Fsp3) is 0.152. The molecular weight excluding hydrogens is 613 g/mol. The number of carbonyl (C=O) groups is 4. The van der Waals surface area contributed by atoms with Gasteiger partial charge in [-0.2, -0.15) is 0 Å². The smallest absolute Gasteiger partial charge is 0.262 e. The highest BCUT2D eigenvalue weighted by Crippen LogP contribution is 2.26. The van der Waals surface area contributed by atoms with Gasteiger partial charge >= 0.3 is 0 Å². The van der Waals surface area contributed by atoms with Crippen molar-refractivity contribution in [1.29, 1.82) is 0 Å². The number of aliphatic hydroxyl groups is 1. The largest absolute Gasteiger partial charge is 0.511 e. The van der Waals surface area contributed by atoms with Gasteiger partial charge in [-0.15, -0.1) is 22.7 Å². The molecule has 0 fully saturated rings. The van der Waals surface area contributed by atoms with Gasteiger partial charge in [0.05, 0.1) is 16.3 Å². The Labute approximate surface area is 266 Å². The summed E-state index contributed by atoms with van der Waals surface area (Å²) in [6.45, 7) is 2.82. The van der Waals surface area contributed by atoms with E-state index in [9.17, 15) is 29.4 Å². The maximum atomic E-state index is 13.6. The van der Waals surface area contributed by atoms with Crippen molar-refractivity contribution in [3.63, 3.8) is 0 Å². The first-order valence-corrected chi connectivity index (χ1v) is 15.6. The van der Waals surface area contributed by atoms with Gasteiger partial charge in [0.1, 0.15) is 23.6 Å². The van der Waals surface area contributed by atoms with Crippen LogP contribution in [0.15, 0.2) is 97.3 Å². The topological polar surface area (TPSA) is 157 Å². The van der Waals surface area contributed by atoms with Crippen molar-refractivity contribution < 1.29 is 29.4 Å². The first-order valence-electron chi connectivity index (χ1n) is 13.9. The van der Waals surface area contributed by atoms with Gasteiger partial charge in [-0.05, 0) is 52.7 Å². The molecule has 0 saturated carbocycles. The molecule has 45 heavy (non-hydrogen) atoms. The molecule has 4 amide bonds. The van der Waals surface area contributed by atoms with Gasteiger partial charge in [0.2, 0.25) is 11.8 Å². The molecule has 5 rings (SSSR count). The van der Waals surface area contributed by atoms with Crippen LogP contribution in [0.25, 0.3) is 20.2 Å². The van der Waals surface area contributed by atoms with Gasteiger partial charge in [0.15, 0.2) is 0 Å². The summed E-state index contributed by atoms with van der Waals surface area (Å²) in [7, 11) is 0. The summed E-state index contributed by atoms with van der Waals surface area (Å²) < 4.78 is 1.83. The van der Waals surface area contributed by atoms with Crippen molar-refractivity contribution in [2.75, 3.05) is 13.1 Å². The number of hydrogen-bond acceptors (Lipinski definition) is 8. The Bertz CT molecular complexity index is 1820. The minimum Gasteiger partial charge on any atom is -0.511 e. The van der Waals surface area contributed by atoms with Crippen LogP contribution >= 0.6 is 22.7 Å². The number of amides is 4. The molecule has 0 bridgehead atoms. The summed E-state index contributed by atoms with van der Waals surface area (Å²) in [6, 6.07) is 22.5. The van der Waals surface area contributed by atoms with E-state index in [0.717, 1.165) is 20.2 Å². The third-order valence-electron chi connectivity index (χ3n) is 6.87. The SMILES string of the molecule is C=C(O)CNC(=O)C(CNC(=O)[C@@H](Cc1ccc(O)cc1)NC(=O)c1cc2ccccc2s1)NC(=O)c1cc2ccccc2s1. The highest BCUT2D eigenvalue weighted by molar-refractivity contribution is 7.21. The molecule has 0 saturated heterocycles. The Hall–Kier alpha value is -5.20. The number of carbonyl (C=O) groups excluding carboxylic acids is 4. The van der Waals surface area contributed by atoms with Crippen molar-refractivity contribution in [1.82, 2.24) is 21.3 Å². The molecule has 6 N–H and O–H groups in total. The van der Waals surface area contributed by atoms with E-state index in [4.69, 9.17) is 0 Å². The average Bonchev–Trinajstić information content (AvgIpc) is 3.67. The van der Waals surface area contributed by atoms with Crippen LogP contribution in [0.2, 0.25) is 0 Å². The number of aliphatic hydroxyl groups excluding tert-OH is 1. The molecule has 2 aromatic heterocycles. The number of thiophene rings is 2. The fourth-order valence-electron chi connectivity index (χ4n) is 4.57. The number of aromatic hydroxyl groups is 1. The first kappa shape index (κ1) is 31.2. The lowest BCUT2D eigenvalue weighted by Gasteiger charge is -2.22. The molecule has 2 heterocycles. The zero-order chi connectivity index (χ0) is 31.9. The quantitative estimate of drug-likeness (QED) is 0.112. The van der Waals surface area contributed by atoms with E-state index in [1.165, 1.54) is 34.8 Å². The molecule has 0 aliphatic rings. The molecule has 12 heteroatoms. The lowest BCUT2D eigenvalue weighted by atomic mass is 10.0. The summed E-state index contributed by atoms with van der Waals surface area (Å²) >= 11 is 2.56. The van der Waals surface area contributed by atoms with Crippen LogP contribution in [-0.4, -0.2) is 59.0 Å². The number of nitrogens with one attached hydrogen (secondary N) is 4. The second-order valence-corrected chi connectivity index (χ2v) is 12.4. The van der Waals surface area contributed by atoms with Crippen LogP contribution in [0.1, 0.15) is 24.9 Å². The number of benzene rings is 3. The van der Waals surface area contributed by atoms with Crippen LogP contribution in [0.4, 0.5) is 0 Å². The summed E-state index contributed by atoms with van der Waals surface area (Å²) in [5, 5.41) is 31.6. The number of fused-ring (bicyclic) bond motifs is 2. The normalized spacial score (nSPS) is 12.3. The molecule has 10 nitrogen and oxygen atoms in total. The minimum absolute atomic E-state index is 0.0582. The summed E-state index contributed by atoms with van der Waals surface area (Å²) in [4.78, 5) is 53.8. The van der Waals surface area contributed by atoms with E-state index >= 15 is 0 Å². The zero-order valence-corrected chi connectivity index (χ0v) is 25.5. The van der Waals surface area contributed by atoms with Gasteiger partial charge in [-0.3, -0.25) is 19.2 Å². The van der Waals surface area contributed by atoms with Crippen LogP contribution in [0, 0.1) is 0 Å². The van der Waals surface area contributed by atoms with Crippen LogP contribution in [0.5, 0.6) is 5.75 Å². The van der Waals surface area contributed by atoms with E-state index < -0.39 is 35.7 Å². The molecule has 0 aliphatic heterocycles. The first-order chi connectivity index (χ1) is 21.7. The second-order valence-electron chi connectivity index (χ2n) is 10.2. The third-order valence-corrected chi connectivity index (χ3v) is 9.10. The van der Waals surface area contributed by atoms with Crippen LogP contribution in [-0.2, 0) is 16.0 Å². The number of hydrogen-bond donors (Lipinski definition) is 6. The Balaban J connectivity index is 1.32. The number of rotatable bonds is 12. The Kier molecular flexibility index (Phi) is 9.76. The van der Waals surface area contributed by atoms with Crippen molar-refractivity contribution >= 4 is 66.5 Å². The molecule has 0 spiro atoms. The summed E-state index contributed by atoms with van der Waals surface area (Å²) in [5.74, 6) is -2.40. The monoisotopic (exact) mass is 642 g/mol. The minimum atomic E-state index is -1.21. The third kappa shape index (κ3) is 8.05. The van der Waals surface area contributed by atoms with Gasteiger partial charge in [0, 0.05) is 22.4 Å². The molecule has 230 valence electrons. The highest BCUT2D eigenvalue weighted by atomic mass is 32.1.